The van der Waals surface area contributed by atoms with Gasteiger partial charge in [0.15, 0.2) is 17.4 Å². The lowest BCUT2D eigenvalue weighted by Gasteiger charge is -2.32. The van der Waals surface area contributed by atoms with E-state index in [4.69, 9.17) is 9.47 Å². The lowest BCUT2D eigenvalue weighted by Crippen LogP contribution is -2.42. The van der Waals surface area contributed by atoms with Gasteiger partial charge in [-0.15, -0.1) is 11.3 Å². The number of hydrogen-bond acceptors (Lipinski definition) is 7. The maximum atomic E-state index is 13.0. The molecule has 8 nitrogen and oxygen atoms in total. The summed E-state index contributed by atoms with van der Waals surface area (Å²) in [5, 5.41) is 13.6. The fraction of sp³-hybridized carbons (Fsp3) is 0.485. The largest absolute Gasteiger partial charge is 0.477 e. The summed E-state index contributed by atoms with van der Waals surface area (Å²) in [4.78, 5) is 13.4. The van der Waals surface area contributed by atoms with Gasteiger partial charge >= 0.3 is 5.97 Å². The second-order valence-electron chi connectivity index (χ2n) is 12.9. The monoisotopic (exact) mass is 702 g/mol. The number of halogens is 1. The first-order valence-corrected chi connectivity index (χ1v) is 18.2. The summed E-state index contributed by atoms with van der Waals surface area (Å²) >= 11 is 4.81. The van der Waals surface area contributed by atoms with Crippen molar-refractivity contribution in [2.24, 2.45) is 17.3 Å². The average molecular weight is 704 g/mol. The highest BCUT2D eigenvalue weighted by molar-refractivity contribution is 9.10. The molecule has 1 aliphatic heterocycles. The van der Waals surface area contributed by atoms with Gasteiger partial charge in [-0.25, -0.2) is 13.2 Å². The standard InChI is InChI=1S/C33H39BrN2O6S2/c1-21-12-13-26-32(2,3)33(26,19-21)42-20-41-28-27(34)29(43-30(28)31(37)38)22-8-7-9-24(18-22)35-23-14-16-36(17-15-23)44(39,40)25-10-5-4-6-11-25/h4-11,18,21,23,26,35H,12-17,19-20H2,1-3H3,(H,37,38). The summed E-state index contributed by atoms with van der Waals surface area (Å²) in [7, 11) is -3.50. The van der Waals surface area contributed by atoms with Gasteiger partial charge in [0.2, 0.25) is 10.0 Å². The number of piperidine rings is 1. The van der Waals surface area contributed by atoms with Crippen molar-refractivity contribution >= 4 is 48.9 Å². The topological polar surface area (TPSA) is 105 Å². The van der Waals surface area contributed by atoms with Crippen molar-refractivity contribution in [3.8, 4) is 16.2 Å². The first-order valence-electron chi connectivity index (χ1n) is 15.2. The van der Waals surface area contributed by atoms with Gasteiger partial charge in [0, 0.05) is 24.8 Å². The van der Waals surface area contributed by atoms with Gasteiger partial charge in [-0.05, 0) is 88.7 Å². The summed E-state index contributed by atoms with van der Waals surface area (Å²) in [6, 6.07) is 16.5. The van der Waals surface area contributed by atoms with Crippen LogP contribution >= 0.6 is 27.3 Å². The summed E-state index contributed by atoms with van der Waals surface area (Å²) in [6.07, 6.45) is 4.72. The first-order chi connectivity index (χ1) is 20.9. The van der Waals surface area contributed by atoms with Crippen molar-refractivity contribution in [2.75, 3.05) is 25.2 Å². The van der Waals surface area contributed by atoms with E-state index < -0.39 is 16.0 Å². The van der Waals surface area contributed by atoms with Crippen molar-refractivity contribution in [1.29, 1.82) is 0 Å². The van der Waals surface area contributed by atoms with Gasteiger partial charge in [0.1, 0.15) is 0 Å². The lowest BCUT2D eigenvalue weighted by molar-refractivity contribution is -0.0885. The molecule has 3 atom stereocenters. The van der Waals surface area contributed by atoms with E-state index in [1.165, 1.54) is 17.8 Å². The van der Waals surface area contributed by atoms with Crippen LogP contribution in [0.4, 0.5) is 5.69 Å². The molecule has 2 aromatic carbocycles. The number of hydrogen-bond donors (Lipinski definition) is 2. The Morgan fingerprint density at radius 1 is 1.09 bits per heavy atom. The third-order valence-electron chi connectivity index (χ3n) is 9.89. The van der Waals surface area contributed by atoms with Crippen molar-refractivity contribution in [3.63, 3.8) is 0 Å². The van der Waals surface area contributed by atoms with Crippen LogP contribution in [0.15, 0.2) is 64.0 Å². The number of ether oxygens (including phenoxy) is 2. The van der Waals surface area contributed by atoms with E-state index in [0.717, 1.165) is 29.0 Å². The molecule has 44 heavy (non-hydrogen) atoms. The number of carboxylic acid groups (broad SMARTS) is 1. The fourth-order valence-electron chi connectivity index (χ4n) is 7.35. The van der Waals surface area contributed by atoms with E-state index in [2.05, 4.69) is 42.0 Å². The number of nitrogens with one attached hydrogen (secondary N) is 1. The quantitative estimate of drug-likeness (QED) is 0.209. The Kier molecular flexibility index (Phi) is 8.64. The molecule has 6 rings (SSSR count). The third-order valence-corrected chi connectivity index (χ3v) is 14.0. The molecular formula is C33H39BrN2O6S2. The molecule has 0 amide bonds. The molecule has 2 aliphatic carbocycles. The highest BCUT2D eigenvalue weighted by atomic mass is 79.9. The lowest BCUT2D eigenvalue weighted by atomic mass is 9.88. The van der Waals surface area contributed by atoms with Crippen LogP contribution in [0.1, 0.15) is 62.5 Å². The Bertz CT molecular complexity index is 1630. The van der Waals surface area contributed by atoms with E-state index in [1.807, 2.05) is 30.3 Å². The number of carboxylic acids is 1. The summed E-state index contributed by atoms with van der Waals surface area (Å²) in [5.41, 5.74) is 1.63. The predicted octanol–water partition coefficient (Wildman–Crippen LogP) is 7.71. The highest BCUT2D eigenvalue weighted by Crippen LogP contribution is 2.71. The molecule has 2 heterocycles. The Hall–Kier alpha value is -2.44. The maximum Gasteiger partial charge on any atom is 0.349 e. The van der Waals surface area contributed by atoms with Crippen LogP contribution in [0.25, 0.3) is 10.4 Å². The predicted molar refractivity (Wildman–Crippen MR) is 176 cm³/mol. The van der Waals surface area contributed by atoms with Crippen molar-refractivity contribution < 1.29 is 27.8 Å². The Morgan fingerprint density at radius 3 is 2.52 bits per heavy atom. The number of nitrogens with zero attached hydrogens (tertiary/aromatic N) is 1. The number of fused-ring (bicyclic) bond motifs is 1. The summed E-state index contributed by atoms with van der Waals surface area (Å²) in [6.45, 7) is 7.66. The van der Waals surface area contributed by atoms with Crippen LogP contribution in [0.2, 0.25) is 0 Å². The molecule has 0 spiro atoms. The molecule has 3 unspecified atom stereocenters. The summed E-state index contributed by atoms with van der Waals surface area (Å²) < 4.78 is 40.7. The molecule has 2 N–H and O–H groups in total. The fourth-order valence-corrected chi connectivity index (χ4v) is 10.7. The normalized spacial score (nSPS) is 25.3. The summed E-state index contributed by atoms with van der Waals surface area (Å²) in [5.74, 6) is 0.347. The van der Waals surface area contributed by atoms with Gasteiger partial charge in [-0.2, -0.15) is 4.31 Å². The SMILES string of the molecule is CC1CCC2C(C)(C)C2(OCOc2c(C(=O)O)sc(-c3cccc(NC4CCN(S(=O)(=O)c5ccccc5)CC4)c3)c2Br)C1. The maximum absolute atomic E-state index is 13.0. The zero-order valence-electron chi connectivity index (χ0n) is 25.2. The van der Waals surface area contributed by atoms with E-state index in [1.54, 1.807) is 28.6 Å². The molecule has 3 aliphatic rings. The van der Waals surface area contributed by atoms with Gasteiger partial charge < -0.3 is 19.9 Å². The number of aromatic carboxylic acids is 1. The van der Waals surface area contributed by atoms with Crippen LogP contribution in [-0.4, -0.2) is 55.3 Å². The Balaban J connectivity index is 1.12. The average Bonchev–Trinajstić information content (AvgIpc) is 3.28. The van der Waals surface area contributed by atoms with Gasteiger partial charge in [-0.3, -0.25) is 0 Å². The Morgan fingerprint density at radius 2 is 1.82 bits per heavy atom. The van der Waals surface area contributed by atoms with Crippen LogP contribution < -0.4 is 10.1 Å². The second-order valence-corrected chi connectivity index (χ2v) is 16.6. The van der Waals surface area contributed by atoms with Crippen LogP contribution in [0.5, 0.6) is 5.75 Å². The van der Waals surface area contributed by atoms with E-state index in [0.29, 0.717) is 47.1 Å². The molecule has 0 radical (unpaired) electrons. The molecule has 11 heteroatoms. The molecule has 2 saturated carbocycles. The van der Waals surface area contributed by atoms with Crippen molar-refractivity contribution in [1.82, 2.24) is 4.31 Å². The molecule has 0 bridgehead atoms. The number of anilines is 1. The molecule has 1 saturated heterocycles. The van der Waals surface area contributed by atoms with E-state index in [9.17, 15) is 18.3 Å². The van der Waals surface area contributed by atoms with Crippen LogP contribution in [0, 0.1) is 17.3 Å². The number of rotatable bonds is 10. The van der Waals surface area contributed by atoms with Gasteiger partial charge in [-0.1, -0.05) is 57.5 Å². The minimum absolute atomic E-state index is 0.00197. The van der Waals surface area contributed by atoms with E-state index >= 15 is 0 Å². The van der Waals surface area contributed by atoms with Crippen LogP contribution in [-0.2, 0) is 14.8 Å². The minimum atomic E-state index is -3.50. The molecule has 1 aromatic heterocycles. The van der Waals surface area contributed by atoms with E-state index in [-0.39, 0.29) is 34.5 Å². The van der Waals surface area contributed by atoms with Crippen molar-refractivity contribution in [3.05, 3.63) is 63.9 Å². The number of benzene rings is 2. The Labute approximate surface area is 271 Å². The minimum Gasteiger partial charge on any atom is -0.477 e. The number of sulfonamides is 1. The number of carbonyl (C=O) groups is 1. The molecule has 3 aromatic rings. The molecular weight excluding hydrogens is 664 g/mol. The zero-order valence-corrected chi connectivity index (χ0v) is 28.4. The van der Waals surface area contributed by atoms with Crippen LogP contribution in [0.3, 0.4) is 0 Å². The number of thiophene rings is 1. The van der Waals surface area contributed by atoms with Gasteiger partial charge in [0.05, 0.1) is 19.8 Å². The van der Waals surface area contributed by atoms with Crippen molar-refractivity contribution in [2.45, 2.75) is 69.4 Å². The smallest absolute Gasteiger partial charge is 0.349 e. The zero-order chi connectivity index (χ0) is 31.3. The van der Waals surface area contributed by atoms with Gasteiger partial charge in [0.25, 0.3) is 0 Å². The highest BCUT2D eigenvalue weighted by Gasteiger charge is 2.73. The first kappa shape index (κ1) is 31.5. The second kappa shape index (κ2) is 12.1. The molecule has 236 valence electrons. The third kappa shape index (κ3) is 5.70. The molecule has 3 fully saturated rings.